The first-order valence-corrected chi connectivity index (χ1v) is 9.65. The summed E-state index contributed by atoms with van der Waals surface area (Å²) in [4.78, 5) is 15.1. The third-order valence-corrected chi connectivity index (χ3v) is 5.55. The van der Waals surface area contributed by atoms with Crippen LogP contribution in [0.4, 0.5) is 0 Å². The Balaban J connectivity index is 1.39. The van der Waals surface area contributed by atoms with Crippen LogP contribution in [-0.4, -0.2) is 43.6 Å². The highest BCUT2D eigenvalue weighted by Crippen LogP contribution is 2.31. The van der Waals surface area contributed by atoms with Crippen LogP contribution in [0.25, 0.3) is 0 Å². The number of carbonyl (C=O) groups excluding carboxylic acids is 1. The molecule has 142 valence electrons. The monoisotopic (exact) mass is 366 g/mol. The van der Waals surface area contributed by atoms with Crippen molar-refractivity contribution in [2.24, 2.45) is 5.92 Å². The van der Waals surface area contributed by atoms with E-state index in [0.29, 0.717) is 22.8 Å². The molecular weight excluding hydrogens is 340 g/mol. The van der Waals surface area contributed by atoms with Crippen molar-refractivity contribution in [1.29, 1.82) is 0 Å². The summed E-state index contributed by atoms with van der Waals surface area (Å²) in [5.41, 5.74) is 0.661. The number of nitrogens with one attached hydrogen (secondary N) is 1. The molecule has 2 aromatic rings. The summed E-state index contributed by atoms with van der Waals surface area (Å²) >= 11 is 0. The lowest BCUT2D eigenvalue weighted by molar-refractivity contribution is 0.0929. The predicted octanol–water partition coefficient (Wildman–Crippen LogP) is 3.70. The molecule has 0 saturated carbocycles. The maximum absolute atomic E-state index is 12.6. The molecule has 1 amide bonds. The third-order valence-electron chi connectivity index (χ3n) is 5.55. The third kappa shape index (κ3) is 4.25. The van der Waals surface area contributed by atoms with Gasteiger partial charge in [-0.25, -0.2) is 0 Å². The van der Waals surface area contributed by atoms with Gasteiger partial charge in [0.2, 0.25) is 0 Å². The summed E-state index contributed by atoms with van der Waals surface area (Å²) in [6.45, 7) is 3.31. The quantitative estimate of drug-likeness (QED) is 0.877. The minimum absolute atomic E-state index is 0.00802. The number of nitrogens with zero attached hydrogens (tertiary/aromatic N) is 1. The first kappa shape index (κ1) is 17.9. The Morgan fingerprint density at radius 1 is 1.04 bits per heavy atom. The van der Waals surface area contributed by atoms with Crippen LogP contribution in [0.3, 0.4) is 0 Å². The lowest BCUT2D eigenvalue weighted by atomic mass is 9.94. The van der Waals surface area contributed by atoms with Gasteiger partial charge in [0.15, 0.2) is 11.5 Å². The van der Waals surface area contributed by atoms with Gasteiger partial charge >= 0.3 is 0 Å². The van der Waals surface area contributed by atoms with Gasteiger partial charge in [0.25, 0.3) is 5.91 Å². The van der Waals surface area contributed by atoms with Gasteiger partial charge < -0.3 is 19.7 Å². The molecule has 5 rings (SSSR count). The van der Waals surface area contributed by atoms with Crippen LogP contribution in [-0.2, 0) is 0 Å². The summed E-state index contributed by atoms with van der Waals surface area (Å²) in [6.07, 6.45) is 3.62. The second-order valence-electron chi connectivity index (χ2n) is 7.43. The molecule has 5 heteroatoms. The van der Waals surface area contributed by atoms with Crippen LogP contribution in [0.1, 0.15) is 29.6 Å². The first-order valence-electron chi connectivity index (χ1n) is 9.65. The van der Waals surface area contributed by atoms with Crippen LogP contribution >= 0.6 is 0 Å². The molecule has 2 aromatic carbocycles. The van der Waals surface area contributed by atoms with Crippen LogP contribution in [0, 0.1) is 5.92 Å². The highest BCUT2D eigenvalue weighted by atomic mass is 16.5. The molecule has 3 aliphatic rings. The molecule has 0 spiro atoms. The van der Waals surface area contributed by atoms with Crippen molar-refractivity contribution < 1.29 is 14.3 Å². The van der Waals surface area contributed by atoms with E-state index in [9.17, 15) is 4.79 Å². The Morgan fingerprint density at radius 2 is 1.74 bits per heavy atom. The van der Waals surface area contributed by atoms with E-state index in [0.717, 1.165) is 18.9 Å². The van der Waals surface area contributed by atoms with E-state index in [1.54, 1.807) is 7.11 Å². The Morgan fingerprint density at radius 3 is 2.44 bits per heavy atom. The van der Waals surface area contributed by atoms with Crippen LogP contribution in [0.5, 0.6) is 17.2 Å². The average Bonchev–Trinajstić information content (AvgIpc) is 3.01. The molecule has 27 heavy (non-hydrogen) atoms. The van der Waals surface area contributed by atoms with Gasteiger partial charge in [-0.2, -0.15) is 0 Å². The van der Waals surface area contributed by atoms with Crippen LogP contribution in [0.15, 0.2) is 48.5 Å². The van der Waals surface area contributed by atoms with Crippen molar-refractivity contribution >= 4 is 5.91 Å². The summed E-state index contributed by atoms with van der Waals surface area (Å²) in [5, 5.41) is 3.22. The topological polar surface area (TPSA) is 50.8 Å². The highest BCUT2D eigenvalue weighted by molar-refractivity contribution is 5.94. The number of carbonyl (C=O) groups is 1. The molecule has 3 fully saturated rings. The number of rotatable bonds is 5. The molecular formula is C22H26N2O3. The standard InChI is InChI=1S/C22H26N2O3/c1-26-20-4-2-3-5-21(20)27-19-8-6-17(7-9-19)22(25)23-18-14-16-10-12-24(15-18)13-11-16/h2-9,16,18H,10-15H2,1H3,(H,23,25). The van der Waals surface area contributed by atoms with Crippen LogP contribution in [0.2, 0.25) is 0 Å². The maximum atomic E-state index is 12.6. The summed E-state index contributed by atoms with van der Waals surface area (Å²) in [5.74, 6) is 2.75. The molecule has 2 bridgehead atoms. The summed E-state index contributed by atoms with van der Waals surface area (Å²) < 4.78 is 11.2. The number of para-hydroxylation sites is 2. The average molecular weight is 366 g/mol. The van der Waals surface area contributed by atoms with Crippen molar-refractivity contribution in [3.05, 3.63) is 54.1 Å². The lowest BCUT2D eigenvalue weighted by Gasteiger charge is -2.26. The molecule has 3 saturated heterocycles. The molecule has 0 radical (unpaired) electrons. The van der Waals surface area contributed by atoms with Crippen molar-refractivity contribution in [3.8, 4) is 17.2 Å². The van der Waals surface area contributed by atoms with Gasteiger partial charge in [0.1, 0.15) is 5.75 Å². The molecule has 3 aliphatic heterocycles. The predicted molar refractivity (Wildman–Crippen MR) is 105 cm³/mol. The summed E-state index contributed by atoms with van der Waals surface area (Å²) in [6, 6.07) is 15.0. The number of benzene rings is 2. The fourth-order valence-electron chi connectivity index (χ4n) is 4.07. The number of hydrogen-bond acceptors (Lipinski definition) is 4. The van der Waals surface area contributed by atoms with E-state index in [2.05, 4.69) is 10.2 Å². The SMILES string of the molecule is COc1ccccc1Oc1ccc(C(=O)NC2CC3CCN(CC3)C2)cc1. The largest absolute Gasteiger partial charge is 0.493 e. The Kier molecular flexibility index (Phi) is 5.30. The van der Waals surface area contributed by atoms with E-state index in [-0.39, 0.29) is 11.9 Å². The Labute approximate surface area is 160 Å². The number of amides is 1. The molecule has 1 unspecified atom stereocenters. The lowest BCUT2D eigenvalue weighted by Crippen LogP contribution is -2.41. The fraction of sp³-hybridized carbons (Fsp3) is 0.409. The number of fused-ring (bicyclic) bond motifs is 4. The molecule has 5 nitrogen and oxygen atoms in total. The van der Waals surface area contributed by atoms with Gasteiger partial charge in [-0.05, 0) is 74.7 Å². The first-order chi connectivity index (χ1) is 13.2. The molecule has 1 N–H and O–H groups in total. The van der Waals surface area contributed by atoms with Gasteiger partial charge in [0.05, 0.1) is 7.11 Å². The fourth-order valence-corrected chi connectivity index (χ4v) is 4.07. The number of methoxy groups -OCH3 is 1. The van der Waals surface area contributed by atoms with E-state index >= 15 is 0 Å². The van der Waals surface area contributed by atoms with E-state index in [1.165, 1.54) is 25.9 Å². The zero-order valence-electron chi connectivity index (χ0n) is 15.7. The molecule has 1 atom stereocenters. The van der Waals surface area contributed by atoms with Crippen molar-refractivity contribution in [2.45, 2.75) is 25.3 Å². The van der Waals surface area contributed by atoms with Gasteiger partial charge in [0, 0.05) is 18.2 Å². The number of hydrogen-bond donors (Lipinski definition) is 1. The molecule has 3 heterocycles. The summed E-state index contributed by atoms with van der Waals surface area (Å²) in [7, 11) is 1.62. The smallest absolute Gasteiger partial charge is 0.251 e. The van der Waals surface area contributed by atoms with Crippen molar-refractivity contribution in [1.82, 2.24) is 10.2 Å². The number of piperidine rings is 1. The minimum Gasteiger partial charge on any atom is -0.493 e. The second kappa shape index (κ2) is 8.01. The van der Waals surface area contributed by atoms with Gasteiger partial charge in [-0.15, -0.1) is 0 Å². The van der Waals surface area contributed by atoms with E-state index in [1.807, 2.05) is 48.5 Å². The van der Waals surface area contributed by atoms with E-state index in [4.69, 9.17) is 9.47 Å². The zero-order chi connectivity index (χ0) is 18.6. The zero-order valence-corrected chi connectivity index (χ0v) is 15.7. The highest BCUT2D eigenvalue weighted by Gasteiger charge is 2.29. The number of ether oxygens (including phenoxy) is 2. The minimum atomic E-state index is -0.00802. The van der Waals surface area contributed by atoms with Crippen molar-refractivity contribution in [2.75, 3.05) is 26.7 Å². The maximum Gasteiger partial charge on any atom is 0.251 e. The second-order valence-corrected chi connectivity index (χ2v) is 7.43. The van der Waals surface area contributed by atoms with E-state index < -0.39 is 0 Å². The van der Waals surface area contributed by atoms with Crippen LogP contribution < -0.4 is 14.8 Å². The van der Waals surface area contributed by atoms with Gasteiger partial charge in [-0.3, -0.25) is 4.79 Å². The normalized spacial score (nSPS) is 24.1. The molecule has 0 aromatic heterocycles. The van der Waals surface area contributed by atoms with Crippen molar-refractivity contribution in [3.63, 3.8) is 0 Å². The molecule has 0 aliphatic carbocycles. The Hall–Kier alpha value is -2.53. The van der Waals surface area contributed by atoms with Gasteiger partial charge in [-0.1, -0.05) is 12.1 Å². The Bertz CT molecular complexity index is 768.